The van der Waals surface area contributed by atoms with Gasteiger partial charge in [0, 0.05) is 17.3 Å². The molecule has 4 aromatic rings. The second kappa shape index (κ2) is 8.92. The van der Waals surface area contributed by atoms with E-state index in [-0.39, 0.29) is 17.3 Å². The summed E-state index contributed by atoms with van der Waals surface area (Å²) in [7, 11) is 0. The fraction of sp³-hybridized carbons (Fsp3) is 0. The van der Waals surface area contributed by atoms with Gasteiger partial charge < -0.3 is 10.4 Å². The molecule has 0 bridgehead atoms. The third-order valence-electron chi connectivity index (χ3n) is 4.63. The van der Waals surface area contributed by atoms with Gasteiger partial charge in [-0.1, -0.05) is 30.3 Å². The summed E-state index contributed by atoms with van der Waals surface area (Å²) in [5.41, 5.74) is 1.76. The number of rotatable bonds is 6. The van der Waals surface area contributed by atoms with Gasteiger partial charge in [-0.2, -0.15) is 0 Å². The number of phenols is 1. The number of nitrogens with zero attached hydrogens (tertiary/aromatic N) is 4. The fourth-order valence-electron chi connectivity index (χ4n) is 3.19. The van der Waals surface area contributed by atoms with Crippen molar-refractivity contribution in [3.8, 4) is 22.7 Å². The number of carbonyl (C=O) groups excluding carboxylic acids is 1. The molecular weight excluding hydrogens is 410 g/mol. The first-order chi connectivity index (χ1) is 15.5. The maximum Gasteiger partial charge on any atom is 0.297 e. The summed E-state index contributed by atoms with van der Waals surface area (Å²) in [5, 5.41) is 23.7. The third-order valence-corrected chi connectivity index (χ3v) is 4.63. The van der Waals surface area contributed by atoms with Gasteiger partial charge in [0.05, 0.1) is 29.2 Å². The predicted molar refractivity (Wildman–Crippen MR) is 119 cm³/mol. The van der Waals surface area contributed by atoms with Crippen LogP contribution >= 0.6 is 0 Å². The molecule has 0 saturated carbocycles. The molecule has 0 saturated heterocycles. The number of carbonyl (C=O) groups is 1. The van der Waals surface area contributed by atoms with Gasteiger partial charge in [-0.05, 0) is 36.4 Å². The van der Waals surface area contributed by atoms with E-state index in [1.807, 2.05) is 6.07 Å². The van der Waals surface area contributed by atoms with Crippen molar-refractivity contribution in [2.75, 3.05) is 0 Å². The van der Waals surface area contributed by atoms with Crippen LogP contribution in [0.2, 0.25) is 0 Å². The lowest BCUT2D eigenvalue weighted by atomic mass is 10.1. The van der Waals surface area contributed by atoms with Gasteiger partial charge in [-0.15, -0.1) is 0 Å². The molecule has 158 valence electrons. The highest BCUT2D eigenvalue weighted by Gasteiger charge is 2.25. The van der Waals surface area contributed by atoms with E-state index in [1.54, 1.807) is 53.4 Å². The Bertz CT molecular complexity index is 1280. The van der Waals surface area contributed by atoms with Crippen LogP contribution in [0.25, 0.3) is 16.9 Å². The Morgan fingerprint density at radius 3 is 2.50 bits per heavy atom. The van der Waals surface area contributed by atoms with E-state index in [9.17, 15) is 20.0 Å². The second-order valence-corrected chi connectivity index (χ2v) is 6.68. The minimum Gasteiger partial charge on any atom is -0.508 e. The summed E-state index contributed by atoms with van der Waals surface area (Å²) >= 11 is 0. The van der Waals surface area contributed by atoms with Crippen molar-refractivity contribution in [2.24, 2.45) is 4.99 Å². The van der Waals surface area contributed by atoms with Gasteiger partial charge in [0.1, 0.15) is 17.3 Å². The molecule has 1 amide bonds. The van der Waals surface area contributed by atoms with Crippen LogP contribution in [0.3, 0.4) is 0 Å². The number of nitro groups is 1. The number of nitrogens with one attached hydrogen (secondary N) is 1. The van der Waals surface area contributed by atoms with Gasteiger partial charge in [0.2, 0.25) is 0 Å². The summed E-state index contributed by atoms with van der Waals surface area (Å²) in [6.07, 6.45) is 4.35. The number of benzene rings is 2. The number of pyridine rings is 1. The standard InChI is InChI=1S/C23H17N5O4/c29-19-10-8-17(9-11-19)23(30)26-15-25-21-13-20(28(31)32)22(16-5-2-1-3-6-16)27(21)18-7-4-12-24-14-18/h1-15,29H,(H,25,26,30). The van der Waals surface area contributed by atoms with Gasteiger partial charge in [0.15, 0.2) is 0 Å². The van der Waals surface area contributed by atoms with Crippen LogP contribution in [0.4, 0.5) is 11.5 Å². The molecule has 2 aromatic carbocycles. The highest BCUT2D eigenvalue weighted by molar-refractivity contribution is 6.01. The molecule has 0 aliphatic heterocycles. The normalized spacial score (nSPS) is 10.9. The molecule has 9 nitrogen and oxygen atoms in total. The van der Waals surface area contributed by atoms with Crippen molar-refractivity contribution < 1.29 is 14.8 Å². The van der Waals surface area contributed by atoms with E-state index >= 15 is 0 Å². The molecule has 0 aliphatic carbocycles. The Morgan fingerprint density at radius 1 is 1.09 bits per heavy atom. The minimum atomic E-state index is -0.469. The van der Waals surface area contributed by atoms with Gasteiger partial charge in [-0.3, -0.25) is 24.5 Å². The van der Waals surface area contributed by atoms with E-state index in [0.717, 1.165) is 0 Å². The van der Waals surface area contributed by atoms with Crippen LogP contribution in [-0.2, 0) is 0 Å². The average Bonchev–Trinajstić information content (AvgIpc) is 3.20. The monoisotopic (exact) mass is 427 g/mol. The van der Waals surface area contributed by atoms with Crippen LogP contribution in [0.5, 0.6) is 5.75 Å². The lowest BCUT2D eigenvalue weighted by molar-refractivity contribution is -0.384. The Kier molecular flexibility index (Phi) is 5.71. The SMILES string of the molecule is O=C(NC=Nc1cc([N+](=O)[O-])c(-c2ccccc2)n1-c1cccnc1)c1ccc(O)cc1. The summed E-state index contributed by atoms with van der Waals surface area (Å²) in [6, 6.07) is 19.5. The Labute approximate surface area is 182 Å². The zero-order valence-corrected chi connectivity index (χ0v) is 16.6. The van der Waals surface area contributed by atoms with Crippen molar-refractivity contribution in [3.05, 3.63) is 101 Å². The van der Waals surface area contributed by atoms with Crippen molar-refractivity contribution in [1.82, 2.24) is 14.9 Å². The number of aromatic hydroxyl groups is 1. The largest absolute Gasteiger partial charge is 0.508 e. The summed E-state index contributed by atoms with van der Waals surface area (Å²) in [4.78, 5) is 32.0. The van der Waals surface area contributed by atoms with Crippen LogP contribution in [0.15, 0.2) is 90.2 Å². The molecule has 2 aromatic heterocycles. The molecule has 0 unspecified atom stereocenters. The minimum absolute atomic E-state index is 0.0465. The average molecular weight is 427 g/mol. The molecule has 4 rings (SSSR count). The molecule has 0 fully saturated rings. The zero-order valence-electron chi connectivity index (χ0n) is 16.6. The van der Waals surface area contributed by atoms with E-state index in [0.29, 0.717) is 22.5 Å². The zero-order chi connectivity index (χ0) is 22.5. The maximum absolute atomic E-state index is 12.3. The fourth-order valence-corrected chi connectivity index (χ4v) is 3.19. The number of amides is 1. The quantitative estimate of drug-likeness (QED) is 0.206. The Hall–Kier alpha value is -4.79. The van der Waals surface area contributed by atoms with Crippen LogP contribution in [-0.4, -0.2) is 31.8 Å². The molecule has 9 heteroatoms. The Balaban J connectivity index is 1.76. The molecule has 2 heterocycles. The second-order valence-electron chi connectivity index (χ2n) is 6.68. The summed E-state index contributed by atoms with van der Waals surface area (Å²) in [5.74, 6) is -0.147. The maximum atomic E-state index is 12.3. The highest BCUT2D eigenvalue weighted by atomic mass is 16.6. The first-order valence-electron chi connectivity index (χ1n) is 9.53. The van der Waals surface area contributed by atoms with Crippen LogP contribution in [0.1, 0.15) is 10.4 Å². The third kappa shape index (κ3) is 4.21. The topological polar surface area (TPSA) is 123 Å². The highest BCUT2D eigenvalue weighted by Crippen LogP contribution is 2.39. The summed E-state index contributed by atoms with van der Waals surface area (Å²) in [6.45, 7) is 0. The number of hydrogen-bond acceptors (Lipinski definition) is 6. The lowest BCUT2D eigenvalue weighted by Gasteiger charge is -2.10. The van der Waals surface area contributed by atoms with E-state index in [1.165, 1.54) is 36.7 Å². The Morgan fingerprint density at radius 2 is 1.84 bits per heavy atom. The predicted octanol–water partition coefficient (Wildman–Crippen LogP) is 4.24. The number of aliphatic imine (C=N–C) groups is 1. The van der Waals surface area contributed by atoms with E-state index in [4.69, 9.17) is 0 Å². The van der Waals surface area contributed by atoms with Gasteiger partial charge >= 0.3 is 0 Å². The number of hydrogen-bond donors (Lipinski definition) is 2. The molecule has 0 spiro atoms. The van der Waals surface area contributed by atoms with Crippen molar-refractivity contribution in [2.45, 2.75) is 0 Å². The summed E-state index contributed by atoms with van der Waals surface area (Å²) < 4.78 is 1.61. The lowest BCUT2D eigenvalue weighted by Crippen LogP contribution is -2.21. The van der Waals surface area contributed by atoms with Crippen LogP contribution < -0.4 is 5.32 Å². The smallest absolute Gasteiger partial charge is 0.297 e. The van der Waals surface area contributed by atoms with E-state index in [2.05, 4.69) is 15.3 Å². The number of aromatic nitrogens is 2. The van der Waals surface area contributed by atoms with Crippen molar-refractivity contribution in [1.29, 1.82) is 0 Å². The number of phenolic OH excluding ortho intramolecular Hbond substituents is 1. The van der Waals surface area contributed by atoms with Gasteiger partial charge in [0.25, 0.3) is 11.6 Å². The first-order valence-corrected chi connectivity index (χ1v) is 9.53. The van der Waals surface area contributed by atoms with E-state index < -0.39 is 10.8 Å². The molecule has 32 heavy (non-hydrogen) atoms. The first kappa shape index (κ1) is 20.5. The molecular formula is C23H17N5O4. The van der Waals surface area contributed by atoms with Crippen LogP contribution in [0, 0.1) is 10.1 Å². The van der Waals surface area contributed by atoms with Crippen molar-refractivity contribution >= 4 is 23.8 Å². The molecule has 0 radical (unpaired) electrons. The van der Waals surface area contributed by atoms with Gasteiger partial charge in [-0.25, -0.2) is 4.99 Å². The molecule has 0 aliphatic rings. The molecule has 2 N–H and O–H groups in total. The van der Waals surface area contributed by atoms with Crippen molar-refractivity contribution in [3.63, 3.8) is 0 Å². The molecule has 0 atom stereocenters.